The minimum atomic E-state index is 0.0735. The third-order valence-corrected chi connectivity index (χ3v) is 2.45. The first-order chi connectivity index (χ1) is 7.34. The number of nitrogens with zero attached hydrogens (tertiary/aromatic N) is 2. The van der Waals surface area contributed by atoms with Gasteiger partial charge in [-0.05, 0) is 18.2 Å². The first kappa shape index (κ1) is 8.23. The van der Waals surface area contributed by atoms with Crippen LogP contribution in [0.5, 0.6) is 0 Å². The number of hydrogen-bond acceptors (Lipinski definition) is 3. The average Bonchev–Trinajstić information content (AvgIpc) is 2.47. The highest BCUT2D eigenvalue weighted by Gasteiger charge is 2.13. The number of hydrogen-bond donors (Lipinski definition) is 1. The van der Waals surface area contributed by atoms with Crippen molar-refractivity contribution in [1.29, 1.82) is 0 Å². The van der Waals surface area contributed by atoms with E-state index in [4.69, 9.17) is 0 Å². The molecule has 0 unspecified atom stereocenters. The van der Waals surface area contributed by atoms with Gasteiger partial charge in [0.2, 0.25) is 5.95 Å². The molecular formula is C11H9N3O. The molecule has 0 radical (unpaired) electrons. The largest absolute Gasteiger partial charge is 0.332 e. The maximum atomic E-state index is 11.4. The van der Waals surface area contributed by atoms with E-state index in [1.165, 1.54) is 6.08 Å². The van der Waals surface area contributed by atoms with Crippen molar-refractivity contribution in [2.24, 2.45) is 0 Å². The highest BCUT2D eigenvalue weighted by molar-refractivity contribution is 5.92. The molecule has 1 N–H and O–H groups in total. The van der Waals surface area contributed by atoms with Gasteiger partial charge in [0.15, 0.2) is 5.78 Å². The van der Waals surface area contributed by atoms with Crippen LogP contribution in [0.15, 0.2) is 36.5 Å². The summed E-state index contributed by atoms with van der Waals surface area (Å²) in [4.78, 5) is 15.8. The van der Waals surface area contributed by atoms with Crippen LogP contribution >= 0.6 is 0 Å². The summed E-state index contributed by atoms with van der Waals surface area (Å²) in [6.45, 7) is 0.347. The molecule has 0 atom stereocenters. The van der Waals surface area contributed by atoms with Crippen molar-refractivity contribution in [1.82, 2.24) is 9.55 Å². The Morgan fingerprint density at radius 1 is 1.33 bits per heavy atom. The maximum absolute atomic E-state index is 11.4. The number of aromatic nitrogens is 2. The van der Waals surface area contributed by atoms with Gasteiger partial charge in [0.25, 0.3) is 0 Å². The molecule has 0 bridgehead atoms. The summed E-state index contributed by atoms with van der Waals surface area (Å²) in [5.74, 6) is 0.794. The zero-order chi connectivity index (χ0) is 10.3. The number of imidazole rings is 1. The van der Waals surface area contributed by atoms with E-state index in [1.54, 1.807) is 6.20 Å². The predicted molar refractivity (Wildman–Crippen MR) is 57.5 cm³/mol. The number of allylic oxidation sites excluding steroid dienone is 1. The van der Waals surface area contributed by atoms with Gasteiger partial charge in [0, 0.05) is 6.20 Å². The summed E-state index contributed by atoms with van der Waals surface area (Å²) >= 11 is 0. The lowest BCUT2D eigenvalue weighted by Crippen LogP contribution is -2.06. The summed E-state index contributed by atoms with van der Waals surface area (Å²) in [6, 6.07) is 7.78. The van der Waals surface area contributed by atoms with Gasteiger partial charge < -0.3 is 9.88 Å². The van der Waals surface area contributed by atoms with Gasteiger partial charge in [-0.25, -0.2) is 4.98 Å². The van der Waals surface area contributed by atoms with Crippen LogP contribution in [0.4, 0.5) is 5.95 Å². The van der Waals surface area contributed by atoms with E-state index in [9.17, 15) is 4.79 Å². The number of carbonyl (C=O) groups is 1. The quantitative estimate of drug-likeness (QED) is 0.700. The van der Waals surface area contributed by atoms with Crippen molar-refractivity contribution in [2.75, 3.05) is 5.32 Å². The van der Waals surface area contributed by atoms with Gasteiger partial charge in [0.1, 0.15) is 0 Å². The second kappa shape index (κ2) is 2.95. The molecule has 3 rings (SSSR count). The minimum Gasteiger partial charge on any atom is -0.332 e. The third-order valence-electron chi connectivity index (χ3n) is 2.45. The fraction of sp³-hybridized carbons (Fsp3) is 0.0909. The number of ketones is 1. The summed E-state index contributed by atoms with van der Waals surface area (Å²) in [5, 5.41) is 3.00. The standard InChI is InChI=1S/C11H9N3O/c15-8-5-6-12-11-13-9-3-1-2-4-10(9)14(11)7-8/h1-6H,7H2,(H,12,13). The van der Waals surface area contributed by atoms with Crippen LogP contribution in [-0.2, 0) is 11.3 Å². The summed E-state index contributed by atoms with van der Waals surface area (Å²) in [6.07, 6.45) is 3.16. The van der Waals surface area contributed by atoms with Crippen molar-refractivity contribution in [2.45, 2.75) is 6.54 Å². The molecule has 0 saturated carbocycles. The zero-order valence-electron chi connectivity index (χ0n) is 7.97. The molecule has 1 aromatic carbocycles. The molecule has 0 spiro atoms. The monoisotopic (exact) mass is 199 g/mol. The third kappa shape index (κ3) is 1.22. The van der Waals surface area contributed by atoms with Crippen molar-refractivity contribution in [3.05, 3.63) is 36.5 Å². The minimum absolute atomic E-state index is 0.0735. The number of carbonyl (C=O) groups excluding carboxylic acids is 1. The Labute approximate surface area is 86.2 Å². The average molecular weight is 199 g/mol. The fourth-order valence-electron chi connectivity index (χ4n) is 1.76. The van der Waals surface area contributed by atoms with Gasteiger partial charge in [-0.3, -0.25) is 4.79 Å². The van der Waals surface area contributed by atoms with Crippen molar-refractivity contribution in [3.63, 3.8) is 0 Å². The van der Waals surface area contributed by atoms with Gasteiger partial charge in [-0.2, -0.15) is 0 Å². The number of fused-ring (bicyclic) bond motifs is 3. The van der Waals surface area contributed by atoms with Gasteiger partial charge in [0.05, 0.1) is 17.6 Å². The highest BCUT2D eigenvalue weighted by atomic mass is 16.1. The first-order valence-corrected chi connectivity index (χ1v) is 4.76. The molecule has 2 aromatic rings. The van der Waals surface area contributed by atoms with Crippen molar-refractivity contribution >= 4 is 22.8 Å². The van der Waals surface area contributed by atoms with E-state index in [0.717, 1.165) is 17.0 Å². The Hall–Kier alpha value is -2.10. The van der Waals surface area contributed by atoms with E-state index in [0.29, 0.717) is 6.54 Å². The van der Waals surface area contributed by atoms with E-state index < -0.39 is 0 Å². The van der Waals surface area contributed by atoms with E-state index in [1.807, 2.05) is 28.8 Å². The van der Waals surface area contributed by atoms with Gasteiger partial charge in [-0.1, -0.05) is 12.1 Å². The number of benzene rings is 1. The Morgan fingerprint density at radius 3 is 3.13 bits per heavy atom. The van der Waals surface area contributed by atoms with Crippen LogP contribution in [0.2, 0.25) is 0 Å². The Morgan fingerprint density at radius 2 is 2.20 bits per heavy atom. The molecule has 0 fully saturated rings. The molecular weight excluding hydrogens is 190 g/mol. The first-order valence-electron chi connectivity index (χ1n) is 4.76. The lowest BCUT2D eigenvalue weighted by atomic mass is 10.3. The smallest absolute Gasteiger partial charge is 0.208 e. The summed E-state index contributed by atoms with van der Waals surface area (Å²) in [5.41, 5.74) is 1.89. The topological polar surface area (TPSA) is 46.9 Å². The SMILES string of the molecule is O=C1C=CNc2nc3ccccc3n2C1. The molecule has 1 aliphatic rings. The van der Waals surface area contributed by atoms with Crippen molar-refractivity contribution in [3.8, 4) is 0 Å². The zero-order valence-corrected chi connectivity index (χ0v) is 7.97. The van der Waals surface area contributed by atoms with Crippen LogP contribution in [0, 0.1) is 0 Å². The van der Waals surface area contributed by atoms with Crippen molar-refractivity contribution < 1.29 is 4.79 Å². The molecule has 4 heteroatoms. The van der Waals surface area contributed by atoms with Crippen LogP contribution in [0.25, 0.3) is 11.0 Å². The molecule has 2 heterocycles. The van der Waals surface area contributed by atoms with Crippen LogP contribution < -0.4 is 5.32 Å². The van der Waals surface area contributed by atoms with E-state index in [2.05, 4.69) is 10.3 Å². The predicted octanol–water partition coefficient (Wildman–Crippen LogP) is 1.54. The molecule has 1 aromatic heterocycles. The molecule has 1 aliphatic heterocycles. The van der Waals surface area contributed by atoms with Crippen LogP contribution in [0.1, 0.15) is 0 Å². The Balaban J connectivity index is 2.28. The number of nitrogens with one attached hydrogen (secondary N) is 1. The normalized spacial score (nSPS) is 14.8. The lowest BCUT2D eigenvalue weighted by molar-refractivity contribution is -0.115. The number of anilines is 1. The molecule has 15 heavy (non-hydrogen) atoms. The van der Waals surface area contributed by atoms with E-state index in [-0.39, 0.29) is 5.78 Å². The summed E-state index contributed by atoms with van der Waals surface area (Å²) < 4.78 is 1.89. The summed E-state index contributed by atoms with van der Waals surface area (Å²) in [7, 11) is 0. The molecule has 0 amide bonds. The molecule has 74 valence electrons. The van der Waals surface area contributed by atoms with Crippen LogP contribution in [-0.4, -0.2) is 15.3 Å². The maximum Gasteiger partial charge on any atom is 0.208 e. The highest BCUT2D eigenvalue weighted by Crippen LogP contribution is 2.20. The second-order valence-electron chi connectivity index (χ2n) is 3.45. The fourth-order valence-corrected chi connectivity index (χ4v) is 1.76. The molecule has 4 nitrogen and oxygen atoms in total. The van der Waals surface area contributed by atoms with E-state index >= 15 is 0 Å². The Kier molecular flexibility index (Phi) is 1.62. The number of para-hydroxylation sites is 2. The molecule has 0 saturated heterocycles. The number of rotatable bonds is 0. The van der Waals surface area contributed by atoms with Gasteiger partial charge in [-0.15, -0.1) is 0 Å². The second-order valence-corrected chi connectivity index (χ2v) is 3.45. The van der Waals surface area contributed by atoms with Crippen LogP contribution in [0.3, 0.4) is 0 Å². The lowest BCUT2D eigenvalue weighted by Gasteiger charge is -2.02. The molecule has 0 aliphatic carbocycles. The van der Waals surface area contributed by atoms with Gasteiger partial charge >= 0.3 is 0 Å². The Bertz CT molecular complexity index is 568.